The van der Waals surface area contributed by atoms with Crippen molar-refractivity contribution in [3.8, 4) is 0 Å². The maximum atomic E-state index is 11.2. The van der Waals surface area contributed by atoms with E-state index >= 15 is 0 Å². The number of imidazole rings is 1. The molecule has 1 aliphatic carbocycles. The first-order chi connectivity index (χ1) is 8.52. The van der Waals surface area contributed by atoms with E-state index in [1.807, 2.05) is 0 Å². The fraction of sp³-hybridized carbons (Fsp3) is 0.400. The van der Waals surface area contributed by atoms with E-state index in [0.29, 0.717) is 29.8 Å². The average molecular weight is 248 g/mol. The van der Waals surface area contributed by atoms with Crippen molar-refractivity contribution in [2.45, 2.75) is 18.4 Å². The molecular formula is C10H12N6O2. The van der Waals surface area contributed by atoms with Crippen molar-refractivity contribution in [3.63, 3.8) is 0 Å². The third kappa shape index (κ3) is 1.45. The fourth-order valence-corrected chi connectivity index (χ4v) is 1.85. The Labute approximate surface area is 102 Å². The Hall–Kier alpha value is -2.38. The van der Waals surface area contributed by atoms with Crippen LogP contribution in [-0.4, -0.2) is 36.1 Å². The fourth-order valence-electron chi connectivity index (χ4n) is 1.85. The summed E-state index contributed by atoms with van der Waals surface area (Å²) in [5.74, 6) is -0.420. The molecule has 8 nitrogen and oxygen atoms in total. The molecule has 18 heavy (non-hydrogen) atoms. The van der Waals surface area contributed by atoms with Gasteiger partial charge in [0, 0.05) is 7.05 Å². The number of carbonyl (C=O) groups is 1. The number of hydrogen-bond acceptors (Lipinski definition) is 6. The lowest BCUT2D eigenvalue weighted by atomic mass is 10.2. The van der Waals surface area contributed by atoms with E-state index in [0.717, 1.165) is 0 Å². The molecule has 0 saturated heterocycles. The van der Waals surface area contributed by atoms with Crippen LogP contribution in [0.25, 0.3) is 11.2 Å². The summed E-state index contributed by atoms with van der Waals surface area (Å²) in [6.07, 6.45) is 2.73. The summed E-state index contributed by atoms with van der Waals surface area (Å²) >= 11 is 0. The van der Waals surface area contributed by atoms with Gasteiger partial charge in [-0.1, -0.05) is 0 Å². The Balaban J connectivity index is 2.09. The first-order valence-electron chi connectivity index (χ1n) is 5.48. The minimum absolute atomic E-state index is 0.0924. The lowest BCUT2D eigenvalue weighted by molar-refractivity contribution is -0.138. The minimum Gasteiger partial charge on any atom is -0.480 e. The summed E-state index contributed by atoms with van der Waals surface area (Å²) < 4.78 is 1.71. The van der Waals surface area contributed by atoms with Crippen molar-refractivity contribution in [1.29, 1.82) is 0 Å². The largest absolute Gasteiger partial charge is 0.480 e. The Kier molecular flexibility index (Phi) is 1.98. The van der Waals surface area contributed by atoms with Gasteiger partial charge < -0.3 is 20.7 Å². The molecule has 94 valence electrons. The highest BCUT2D eigenvalue weighted by Gasteiger charge is 2.51. The Morgan fingerprint density at radius 2 is 2.28 bits per heavy atom. The standard InChI is InChI=1S/C10H12N6O2/c1-16-4-12-5-6(13-9(11)14-7(5)16)15-10(2-3-10)8(17)18/h4H,2-3H2,1H3,(H,17,18)(H3,11,13,14,15). The van der Waals surface area contributed by atoms with E-state index in [-0.39, 0.29) is 5.95 Å². The quantitative estimate of drug-likeness (QED) is 0.698. The Morgan fingerprint density at radius 1 is 1.56 bits per heavy atom. The van der Waals surface area contributed by atoms with Crippen molar-refractivity contribution < 1.29 is 9.90 Å². The van der Waals surface area contributed by atoms with E-state index in [2.05, 4.69) is 20.3 Å². The number of aryl methyl sites for hydroxylation is 1. The molecule has 2 heterocycles. The molecular weight excluding hydrogens is 236 g/mol. The Morgan fingerprint density at radius 3 is 2.89 bits per heavy atom. The molecule has 2 aromatic heterocycles. The van der Waals surface area contributed by atoms with Gasteiger partial charge in [-0.15, -0.1) is 0 Å². The highest BCUT2D eigenvalue weighted by atomic mass is 16.4. The van der Waals surface area contributed by atoms with Gasteiger partial charge in [-0.05, 0) is 12.8 Å². The van der Waals surface area contributed by atoms with Crippen LogP contribution in [0, 0.1) is 0 Å². The zero-order valence-corrected chi connectivity index (χ0v) is 9.71. The molecule has 1 saturated carbocycles. The molecule has 0 spiro atoms. The van der Waals surface area contributed by atoms with Crippen LogP contribution in [0.1, 0.15) is 12.8 Å². The van der Waals surface area contributed by atoms with Gasteiger partial charge in [0.1, 0.15) is 5.54 Å². The van der Waals surface area contributed by atoms with Gasteiger partial charge in [0.25, 0.3) is 0 Å². The van der Waals surface area contributed by atoms with Gasteiger partial charge >= 0.3 is 5.97 Å². The molecule has 8 heteroatoms. The van der Waals surface area contributed by atoms with Crippen molar-refractivity contribution in [1.82, 2.24) is 19.5 Å². The van der Waals surface area contributed by atoms with Crippen LogP contribution in [0.2, 0.25) is 0 Å². The molecule has 3 rings (SSSR count). The zero-order valence-electron chi connectivity index (χ0n) is 9.71. The summed E-state index contributed by atoms with van der Waals surface area (Å²) in [5.41, 5.74) is 5.79. The molecule has 4 N–H and O–H groups in total. The zero-order chi connectivity index (χ0) is 12.9. The number of rotatable bonds is 3. The molecule has 1 aliphatic rings. The highest BCUT2D eigenvalue weighted by molar-refractivity contribution is 5.91. The van der Waals surface area contributed by atoms with Crippen molar-refractivity contribution in [2.75, 3.05) is 11.1 Å². The number of nitrogens with two attached hydrogens (primary N) is 1. The van der Waals surface area contributed by atoms with Gasteiger partial charge in [0.05, 0.1) is 6.33 Å². The lowest BCUT2D eigenvalue weighted by Gasteiger charge is -2.13. The number of carboxylic acid groups (broad SMARTS) is 1. The molecule has 2 aromatic rings. The third-order valence-corrected chi connectivity index (χ3v) is 3.09. The maximum Gasteiger partial charge on any atom is 0.329 e. The topological polar surface area (TPSA) is 119 Å². The molecule has 0 aliphatic heterocycles. The van der Waals surface area contributed by atoms with Gasteiger partial charge in [-0.3, -0.25) is 0 Å². The number of nitrogens with one attached hydrogen (secondary N) is 1. The molecule has 0 atom stereocenters. The smallest absolute Gasteiger partial charge is 0.329 e. The second-order valence-electron chi connectivity index (χ2n) is 4.47. The predicted octanol–water partition coefficient (Wildman–Crippen LogP) is -0.0254. The van der Waals surface area contributed by atoms with Crippen LogP contribution >= 0.6 is 0 Å². The number of aromatic nitrogens is 4. The number of nitrogen functional groups attached to an aromatic ring is 1. The predicted molar refractivity (Wildman–Crippen MR) is 63.9 cm³/mol. The van der Waals surface area contributed by atoms with Crippen LogP contribution in [0.4, 0.5) is 11.8 Å². The van der Waals surface area contributed by atoms with Crippen molar-refractivity contribution >= 4 is 28.9 Å². The van der Waals surface area contributed by atoms with Gasteiger partial charge in [0.2, 0.25) is 5.95 Å². The van der Waals surface area contributed by atoms with E-state index in [9.17, 15) is 4.79 Å². The maximum absolute atomic E-state index is 11.2. The van der Waals surface area contributed by atoms with Gasteiger partial charge in [-0.25, -0.2) is 9.78 Å². The van der Waals surface area contributed by atoms with E-state index < -0.39 is 11.5 Å². The SMILES string of the molecule is Cn1cnc2c(NC3(C(=O)O)CC3)nc(N)nc21. The summed E-state index contributed by atoms with van der Waals surface area (Å²) in [5, 5.41) is 12.1. The normalized spacial score (nSPS) is 16.7. The summed E-state index contributed by atoms with van der Waals surface area (Å²) in [4.78, 5) is 23.4. The number of anilines is 2. The number of carboxylic acids is 1. The minimum atomic E-state index is -0.925. The van der Waals surface area contributed by atoms with E-state index in [1.165, 1.54) is 0 Å². The molecule has 0 radical (unpaired) electrons. The van der Waals surface area contributed by atoms with Crippen LogP contribution in [-0.2, 0) is 11.8 Å². The van der Waals surface area contributed by atoms with Gasteiger partial charge in [0.15, 0.2) is 17.0 Å². The highest BCUT2D eigenvalue weighted by Crippen LogP contribution is 2.39. The molecule has 1 fully saturated rings. The van der Waals surface area contributed by atoms with Gasteiger partial charge in [-0.2, -0.15) is 9.97 Å². The van der Waals surface area contributed by atoms with Crippen molar-refractivity contribution in [2.24, 2.45) is 7.05 Å². The Bertz CT molecular complexity index is 645. The number of nitrogens with zero attached hydrogens (tertiary/aromatic N) is 4. The first-order valence-corrected chi connectivity index (χ1v) is 5.48. The second kappa shape index (κ2) is 3.31. The number of fused-ring (bicyclic) bond motifs is 1. The number of aliphatic carboxylic acids is 1. The lowest BCUT2D eigenvalue weighted by Crippen LogP contribution is -2.32. The van der Waals surface area contributed by atoms with Crippen LogP contribution in [0.15, 0.2) is 6.33 Å². The van der Waals surface area contributed by atoms with Crippen molar-refractivity contribution in [3.05, 3.63) is 6.33 Å². The second-order valence-corrected chi connectivity index (χ2v) is 4.47. The molecule has 0 unspecified atom stereocenters. The monoisotopic (exact) mass is 248 g/mol. The number of hydrogen-bond donors (Lipinski definition) is 3. The van der Waals surface area contributed by atoms with Crippen LogP contribution in [0.3, 0.4) is 0 Å². The van der Waals surface area contributed by atoms with Crippen LogP contribution in [0.5, 0.6) is 0 Å². The van der Waals surface area contributed by atoms with Crippen LogP contribution < -0.4 is 11.1 Å². The average Bonchev–Trinajstić information content (AvgIpc) is 2.99. The van der Waals surface area contributed by atoms with E-state index in [1.54, 1.807) is 17.9 Å². The molecule has 0 amide bonds. The summed E-state index contributed by atoms with van der Waals surface area (Å²) in [6, 6.07) is 0. The third-order valence-electron chi connectivity index (χ3n) is 3.09. The summed E-state index contributed by atoms with van der Waals surface area (Å²) in [7, 11) is 1.79. The van der Waals surface area contributed by atoms with E-state index in [4.69, 9.17) is 10.8 Å². The summed E-state index contributed by atoms with van der Waals surface area (Å²) in [6.45, 7) is 0. The first kappa shape index (κ1) is 10.8. The molecule has 0 bridgehead atoms. The molecule has 0 aromatic carbocycles.